The Morgan fingerprint density at radius 2 is 1.76 bits per heavy atom. The zero-order valence-corrected chi connectivity index (χ0v) is 9.86. The zero-order valence-electron chi connectivity index (χ0n) is 9.86. The first-order valence-electron chi connectivity index (χ1n) is 5.50. The lowest BCUT2D eigenvalue weighted by molar-refractivity contribution is -0.149. The number of benzene rings is 1. The summed E-state index contributed by atoms with van der Waals surface area (Å²) in [6.45, 7) is 3.59. The van der Waals surface area contributed by atoms with E-state index in [2.05, 4.69) is 5.32 Å². The van der Waals surface area contributed by atoms with Crippen molar-refractivity contribution in [1.82, 2.24) is 0 Å². The minimum atomic E-state index is -1.27. The molecule has 1 aliphatic rings. The Kier molecular flexibility index (Phi) is 2.45. The van der Waals surface area contributed by atoms with Gasteiger partial charge in [0, 0.05) is 5.69 Å². The summed E-state index contributed by atoms with van der Waals surface area (Å²) in [6.07, 6.45) is 0.383. The van der Waals surface area contributed by atoms with Crippen LogP contribution in [0, 0.1) is 10.8 Å². The first-order valence-corrected chi connectivity index (χ1v) is 5.50. The van der Waals surface area contributed by atoms with Gasteiger partial charge >= 0.3 is 5.97 Å². The molecule has 0 radical (unpaired) electrons. The standard InChI is InChI=1S/C13H15NO3/c1-12(2)8-13(12,11(16)17)10(15)14-9-6-4-3-5-7-9/h3-7H,8H2,1-2H3,(H,14,15)(H,16,17). The van der Waals surface area contributed by atoms with Gasteiger partial charge in [0.25, 0.3) is 0 Å². The van der Waals surface area contributed by atoms with E-state index >= 15 is 0 Å². The smallest absolute Gasteiger partial charge is 0.319 e. The SMILES string of the molecule is CC1(C)CC1(C(=O)O)C(=O)Nc1ccccc1. The fourth-order valence-corrected chi connectivity index (χ4v) is 2.23. The van der Waals surface area contributed by atoms with Gasteiger partial charge < -0.3 is 10.4 Å². The number of rotatable bonds is 3. The zero-order chi connectivity index (χ0) is 12.7. The van der Waals surface area contributed by atoms with Crippen LogP contribution < -0.4 is 5.32 Å². The third kappa shape index (κ3) is 1.69. The van der Waals surface area contributed by atoms with Crippen LogP contribution in [-0.2, 0) is 9.59 Å². The van der Waals surface area contributed by atoms with E-state index in [4.69, 9.17) is 0 Å². The van der Waals surface area contributed by atoms with Crippen LogP contribution in [0.3, 0.4) is 0 Å². The number of para-hydroxylation sites is 1. The van der Waals surface area contributed by atoms with E-state index < -0.39 is 22.7 Å². The Bertz CT molecular complexity index is 467. The van der Waals surface area contributed by atoms with Crippen LogP contribution in [0.4, 0.5) is 5.69 Å². The Morgan fingerprint density at radius 1 is 1.24 bits per heavy atom. The molecule has 2 N–H and O–H groups in total. The predicted molar refractivity (Wildman–Crippen MR) is 63.5 cm³/mol. The second kappa shape index (κ2) is 3.58. The van der Waals surface area contributed by atoms with Crippen molar-refractivity contribution in [3.63, 3.8) is 0 Å². The number of hydrogen-bond donors (Lipinski definition) is 2. The van der Waals surface area contributed by atoms with Crippen molar-refractivity contribution in [2.45, 2.75) is 20.3 Å². The monoisotopic (exact) mass is 233 g/mol. The molecule has 90 valence electrons. The number of aliphatic carboxylic acids is 1. The molecule has 1 amide bonds. The molecule has 4 nitrogen and oxygen atoms in total. The highest BCUT2D eigenvalue weighted by Crippen LogP contribution is 2.64. The molecule has 1 aromatic rings. The third-order valence-corrected chi connectivity index (χ3v) is 3.52. The fraction of sp³-hybridized carbons (Fsp3) is 0.385. The highest BCUT2D eigenvalue weighted by atomic mass is 16.4. The second-order valence-corrected chi connectivity index (χ2v) is 5.09. The van der Waals surface area contributed by atoms with Crippen LogP contribution >= 0.6 is 0 Å². The van der Waals surface area contributed by atoms with Crippen molar-refractivity contribution in [3.8, 4) is 0 Å². The molecule has 4 heteroatoms. The van der Waals surface area contributed by atoms with Gasteiger partial charge in [0.15, 0.2) is 5.41 Å². The Morgan fingerprint density at radius 3 is 2.18 bits per heavy atom. The van der Waals surface area contributed by atoms with Gasteiger partial charge in [-0.15, -0.1) is 0 Å². The summed E-state index contributed by atoms with van der Waals surface area (Å²) in [5.74, 6) is -1.47. The highest BCUT2D eigenvalue weighted by Gasteiger charge is 2.71. The van der Waals surface area contributed by atoms with E-state index in [-0.39, 0.29) is 0 Å². The number of carbonyl (C=O) groups is 2. The van der Waals surface area contributed by atoms with Crippen molar-refractivity contribution < 1.29 is 14.7 Å². The van der Waals surface area contributed by atoms with Crippen molar-refractivity contribution >= 4 is 17.6 Å². The maximum Gasteiger partial charge on any atom is 0.319 e. The molecule has 1 aromatic carbocycles. The lowest BCUT2D eigenvalue weighted by Crippen LogP contribution is -2.35. The maximum absolute atomic E-state index is 12.1. The molecule has 1 saturated carbocycles. The fourth-order valence-electron chi connectivity index (χ4n) is 2.23. The quantitative estimate of drug-likeness (QED) is 0.786. The number of carboxylic acid groups (broad SMARTS) is 1. The van der Waals surface area contributed by atoms with E-state index in [1.807, 2.05) is 6.07 Å². The average molecular weight is 233 g/mol. The van der Waals surface area contributed by atoms with Crippen molar-refractivity contribution in [2.24, 2.45) is 10.8 Å². The van der Waals surface area contributed by atoms with Crippen molar-refractivity contribution in [3.05, 3.63) is 30.3 Å². The molecule has 1 atom stereocenters. The average Bonchev–Trinajstić information content (AvgIpc) is 2.85. The van der Waals surface area contributed by atoms with Crippen molar-refractivity contribution in [2.75, 3.05) is 5.32 Å². The van der Waals surface area contributed by atoms with Gasteiger partial charge in [-0.25, -0.2) is 0 Å². The van der Waals surface area contributed by atoms with E-state index in [1.54, 1.807) is 38.1 Å². The second-order valence-electron chi connectivity index (χ2n) is 5.09. The number of carboxylic acids is 1. The van der Waals surface area contributed by atoms with Gasteiger partial charge in [0.1, 0.15) is 0 Å². The highest BCUT2D eigenvalue weighted by molar-refractivity contribution is 6.12. The van der Waals surface area contributed by atoms with Crippen LogP contribution in [0.15, 0.2) is 30.3 Å². The number of carbonyl (C=O) groups excluding carboxylic acids is 1. The lowest BCUT2D eigenvalue weighted by Gasteiger charge is -2.15. The van der Waals surface area contributed by atoms with Gasteiger partial charge in [0.2, 0.25) is 5.91 Å². The van der Waals surface area contributed by atoms with Crippen molar-refractivity contribution in [1.29, 1.82) is 0 Å². The predicted octanol–water partition coefficient (Wildman–Crippen LogP) is 2.13. The van der Waals surface area contributed by atoms with Crippen LogP contribution in [0.1, 0.15) is 20.3 Å². The summed E-state index contributed by atoms with van der Waals surface area (Å²) >= 11 is 0. The molecular weight excluding hydrogens is 218 g/mol. The summed E-state index contributed by atoms with van der Waals surface area (Å²) in [6, 6.07) is 8.90. The van der Waals surface area contributed by atoms with Gasteiger partial charge in [0.05, 0.1) is 0 Å². The summed E-state index contributed by atoms with van der Waals surface area (Å²) in [4.78, 5) is 23.3. The first-order chi connectivity index (χ1) is 7.90. The Balaban J connectivity index is 2.19. The molecule has 0 spiro atoms. The van der Waals surface area contributed by atoms with Gasteiger partial charge in [-0.3, -0.25) is 9.59 Å². The van der Waals surface area contributed by atoms with E-state index in [1.165, 1.54) is 0 Å². The Labute approximate surface area is 99.6 Å². The summed E-state index contributed by atoms with van der Waals surface area (Å²) in [5, 5.41) is 11.9. The number of hydrogen-bond acceptors (Lipinski definition) is 2. The van der Waals surface area contributed by atoms with E-state index in [0.29, 0.717) is 12.1 Å². The minimum Gasteiger partial charge on any atom is -0.480 e. The topological polar surface area (TPSA) is 66.4 Å². The number of nitrogens with one attached hydrogen (secondary N) is 1. The first kappa shape index (κ1) is 11.6. The number of anilines is 1. The lowest BCUT2D eigenvalue weighted by atomic mass is 9.95. The van der Waals surface area contributed by atoms with E-state index in [9.17, 15) is 14.7 Å². The molecule has 1 fully saturated rings. The molecule has 0 aromatic heterocycles. The molecule has 1 aliphatic carbocycles. The summed E-state index contributed by atoms with van der Waals surface area (Å²) in [7, 11) is 0. The Hall–Kier alpha value is -1.84. The molecule has 0 aliphatic heterocycles. The normalized spacial score (nSPS) is 25.1. The molecule has 17 heavy (non-hydrogen) atoms. The molecule has 0 heterocycles. The van der Waals surface area contributed by atoms with Crippen LogP contribution in [0.25, 0.3) is 0 Å². The minimum absolute atomic E-state index is 0.383. The van der Waals surface area contributed by atoms with Crippen LogP contribution in [0.5, 0.6) is 0 Å². The summed E-state index contributed by atoms with van der Waals surface area (Å²) < 4.78 is 0. The largest absolute Gasteiger partial charge is 0.480 e. The number of amides is 1. The van der Waals surface area contributed by atoms with Gasteiger partial charge in [-0.1, -0.05) is 32.0 Å². The molecule has 1 unspecified atom stereocenters. The molecule has 0 bridgehead atoms. The molecule has 0 saturated heterocycles. The van der Waals surface area contributed by atoms with Crippen LogP contribution in [-0.4, -0.2) is 17.0 Å². The molecule has 2 rings (SSSR count). The van der Waals surface area contributed by atoms with Gasteiger partial charge in [-0.2, -0.15) is 0 Å². The summed E-state index contributed by atoms with van der Waals surface area (Å²) in [5.41, 5.74) is -1.12. The third-order valence-electron chi connectivity index (χ3n) is 3.52. The van der Waals surface area contributed by atoms with E-state index in [0.717, 1.165) is 0 Å². The maximum atomic E-state index is 12.1. The molecular formula is C13H15NO3. The van der Waals surface area contributed by atoms with Crippen LogP contribution in [0.2, 0.25) is 0 Å². The van der Waals surface area contributed by atoms with Gasteiger partial charge in [-0.05, 0) is 24.0 Å².